The second kappa shape index (κ2) is 4.66. The molecular formula is C10H14N2O. The van der Waals surface area contributed by atoms with Crippen LogP contribution in [0.3, 0.4) is 0 Å². The van der Waals surface area contributed by atoms with Gasteiger partial charge in [-0.05, 0) is 26.2 Å². The van der Waals surface area contributed by atoms with Crippen LogP contribution in [0.1, 0.15) is 26.2 Å². The normalized spacial score (nSPS) is 23.2. The van der Waals surface area contributed by atoms with Crippen LogP contribution in [0.25, 0.3) is 0 Å². The molecule has 0 saturated heterocycles. The van der Waals surface area contributed by atoms with Crippen molar-refractivity contribution in [2.75, 3.05) is 0 Å². The highest BCUT2D eigenvalue weighted by molar-refractivity contribution is 5.81. The van der Waals surface area contributed by atoms with Crippen molar-refractivity contribution in [3.8, 4) is 6.07 Å². The number of carbonyl (C=O) groups is 1. The number of nitriles is 1. The Hall–Kier alpha value is -1.30. The topological polar surface area (TPSA) is 52.9 Å². The van der Waals surface area contributed by atoms with E-state index in [1.165, 1.54) is 0 Å². The predicted octanol–water partition coefficient (Wildman–Crippen LogP) is 1.37. The molecule has 13 heavy (non-hydrogen) atoms. The first-order valence-corrected chi connectivity index (χ1v) is 4.60. The van der Waals surface area contributed by atoms with E-state index < -0.39 is 0 Å². The highest BCUT2D eigenvalue weighted by atomic mass is 16.1. The number of carbonyl (C=O) groups excluding carboxylic acids is 1. The summed E-state index contributed by atoms with van der Waals surface area (Å²) < 4.78 is 0. The van der Waals surface area contributed by atoms with Crippen molar-refractivity contribution in [1.82, 2.24) is 5.32 Å². The van der Waals surface area contributed by atoms with Gasteiger partial charge in [-0.3, -0.25) is 4.79 Å². The van der Waals surface area contributed by atoms with Gasteiger partial charge in [0.1, 0.15) is 6.04 Å². The van der Waals surface area contributed by atoms with Gasteiger partial charge in [0.05, 0.1) is 12.0 Å². The number of hydrogen-bond acceptors (Lipinski definition) is 2. The lowest BCUT2D eigenvalue weighted by Crippen LogP contribution is -2.36. The van der Waals surface area contributed by atoms with Crippen LogP contribution in [0.5, 0.6) is 0 Å². The molecule has 1 unspecified atom stereocenters. The minimum atomic E-state index is -0.386. The third-order valence-electron chi connectivity index (χ3n) is 2.14. The second-order valence-corrected chi connectivity index (χ2v) is 3.32. The van der Waals surface area contributed by atoms with Crippen LogP contribution in [-0.4, -0.2) is 11.9 Å². The number of amides is 1. The Morgan fingerprint density at radius 1 is 1.77 bits per heavy atom. The second-order valence-electron chi connectivity index (χ2n) is 3.32. The van der Waals surface area contributed by atoms with Gasteiger partial charge in [-0.1, -0.05) is 12.2 Å². The standard InChI is InChI=1S/C10H14N2O/c1-8(7-11)12-10(13)9-5-3-2-4-6-9/h3,5,8-9H,2,4,6H2,1H3,(H,12,13)/t8-,9?/m0/s1. The summed E-state index contributed by atoms with van der Waals surface area (Å²) in [5.41, 5.74) is 0. The highest BCUT2D eigenvalue weighted by Crippen LogP contribution is 2.16. The molecule has 0 fully saturated rings. The molecule has 3 nitrogen and oxygen atoms in total. The Balaban J connectivity index is 2.43. The SMILES string of the molecule is C[C@@H](C#N)NC(=O)C1C=CCCC1. The molecule has 0 aromatic heterocycles. The number of nitrogens with zero attached hydrogens (tertiary/aromatic N) is 1. The fourth-order valence-electron chi connectivity index (χ4n) is 1.38. The molecule has 0 aromatic rings. The first-order chi connectivity index (χ1) is 6.24. The van der Waals surface area contributed by atoms with Gasteiger partial charge in [-0.2, -0.15) is 5.26 Å². The van der Waals surface area contributed by atoms with E-state index in [4.69, 9.17) is 5.26 Å². The molecule has 1 N–H and O–H groups in total. The molecule has 0 spiro atoms. The van der Waals surface area contributed by atoms with Crippen molar-refractivity contribution in [1.29, 1.82) is 5.26 Å². The summed E-state index contributed by atoms with van der Waals surface area (Å²) in [4.78, 5) is 11.5. The fraction of sp³-hybridized carbons (Fsp3) is 0.600. The van der Waals surface area contributed by atoms with E-state index in [1.807, 2.05) is 18.2 Å². The smallest absolute Gasteiger partial charge is 0.227 e. The van der Waals surface area contributed by atoms with Crippen LogP contribution >= 0.6 is 0 Å². The Morgan fingerprint density at radius 3 is 3.08 bits per heavy atom. The van der Waals surface area contributed by atoms with Crippen molar-refractivity contribution in [3.63, 3.8) is 0 Å². The summed E-state index contributed by atoms with van der Waals surface area (Å²) in [6.45, 7) is 1.68. The van der Waals surface area contributed by atoms with Gasteiger partial charge in [0.25, 0.3) is 0 Å². The molecule has 0 saturated carbocycles. The van der Waals surface area contributed by atoms with E-state index >= 15 is 0 Å². The maximum absolute atomic E-state index is 11.5. The van der Waals surface area contributed by atoms with Crippen molar-refractivity contribution in [3.05, 3.63) is 12.2 Å². The molecule has 0 radical (unpaired) electrons. The minimum Gasteiger partial charge on any atom is -0.340 e. The molecule has 0 aliphatic heterocycles. The molecule has 1 aliphatic rings. The Kier molecular flexibility index (Phi) is 3.51. The summed E-state index contributed by atoms with van der Waals surface area (Å²) in [6, 6.07) is 1.59. The fourth-order valence-corrected chi connectivity index (χ4v) is 1.38. The van der Waals surface area contributed by atoms with Crippen LogP contribution in [0.2, 0.25) is 0 Å². The number of hydrogen-bond donors (Lipinski definition) is 1. The Labute approximate surface area is 78.4 Å². The summed E-state index contributed by atoms with van der Waals surface area (Å²) >= 11 is 0. The summed E-state index contributed by atoms with van der Waals surface area (Å²) in [5.74, 6) is -0.0467. The third kappa shape index (κ3) is 2.90. The molecule has 1 amide bonds. The van der Waals surface area contributed by atoms with Gasteiger partial charge in [0.2, 0.25) is 5.91 Å². The van der Waals surface area contributed by atoms with E-state index in [2.05, 4.69) is 5.32 Å². The Morgan fingerprint density at radius 2 is 2.54 bits per heavy atom. The number of allylic oxidation sites excluding steroid dienone is 1. The Bertz CT molecular complexity index is 252. The minimum absolute atomic E-state index is 0.0231. The molecule has 3 heteroatoms. The lowest BCUT2D eigenvalue weighted by Gasteiger charge is -2.16. The molecule has 0 aromatic carbocycles. The molecule has 0 heterocycles. The zero-order chi connectivity index (χ0) is 9.68. The van der Waals surface area contributed by atoms with Gasteiger partial charge < -0.3 is 5.32 Å². The van der Waals surface area contributed by atoms with Crippen LogP contribution in [0.4, 0.5) is 0 Å². The summed E-state index contributed by atoms with van der Waals surface area (Å²) in [6.07, 6.45) is 7.00. The van der Waals surface area contributed by atoms with E-state index in [9.17, 15) is 4.79 Å². The van der Waals surface area contributed by atoms with Crippen LogP contribution in [0.15, 0.2) is 12.2 Å². The maximum atomic E-state index is 11.5. The largest absolute Gasteiger partial charge is 0.340 e. The lowest BCUT2D eigenvalue weighted by molar-refractivity contribution is -0.124. The highest BCUT2D eigenvalue weighted by Gasteiger charge is 2.18. The first kappa shape index (κ1) is 9.79. The summed E-state index contributed by atoms with van der Waals surface area (Å²) in [5, 5.41) is 11.1. The maximum Gasteiger partial charge on any atom is 0.227 e. The van der Waals surface area contributed by atoms with Crippen molar-refractivity contribution in [2.24, 2.45) is 5.92 Å². The molecule has 1 rings (SSSR count). The van der Waals surface area contributed by atoms with Crippen molar-refractivity contribution in [2.45, 2.75) is 32.2 Å². The van der Waals surface area contributed by atoms with E-state index in [0.717, 1.165) is 19.3 Å². The third-order valence-corrected chi connectivity index (χ3v) is 2.14. The van der Waals surface area contributed by atoms with Gasteiger partial charge in [0.15, 0.2) is 0 Å². The summed E-state index contributed by atoms with van der Waals surface area (Å²) in [7, 11) is 0. The van der Waals surface area contributed by atoms with Gasteiger partial charge in [-0.15, -0.1) is 0 Å². The van der Waals surface area contributed by atoms with Crippen molar-refractivity contribution >= 4 is 5.91 Å². The number of rotatable bonds is 2. The van der Waals surface area contributed by atoms with Gasteiger partial charge in [0, 0.05) is 0 Å². The molecule has 0 bridgehead atoms. The van der Waals surface area contributed by atoms with E-state index in [1.54, 1.807) is 6.92 Å². The predicted molar refractivity (Wildman–Crippen MR) is 49.7 cm³/mol. The van der Waals surface area contributed by atoms with Crippen LogP contribution in [0, 0.1) is 17.2 Å². The first-order valence-electron chi connectivity index (χ1n) is 4.60. The van der Waals surface area contributed by atoms with Gasteiger partial charge in [-0.25, -0.2) is 0 Å². The van der Waals surface area contributed by atoms with Crippen molar-refractivity contribution < 1.29 is 4.79 Å². The average molecular weight is 178 g/mol. The van der Waals surface area contributed by atoms with Crippen LogP contribution in [-0.2, 0) is 4.79 Å². The molecule has 70 valence electrons. The van der Waals surface area contributed by atoms with Gasteiger partial charge >= 0.3 is 0 Å². The average Bonchev–Trinajstić information content (AvgIpc) is 2.19. The van der Waals surface area contributed by atoms with Crippen LogP contribution < -0.4 is 5.32 Å². The van der Waals surface area contributed by atoms with E-state index in [0.29, 0.717) is 0 Å². The van der Waals surface area contributed by atoms with E-state index in [-0.39, 0.29) is 17.9 Å². The quantitative estimate of drug-likeness (QED) is 0.649. The molecular weight excluding hydrogens is 164 g/mol. The monoisotopic (exact) mass is 178 g/mol. The lowest BCUT2D eigenvalue weighted by atomic mass is 9.95. The molecule has 1 aliphatic carbocycles. The number of nitrogens with one attached hydrogen (secondary N) is 1. The zero-order valence-corrected chi connectivity index (χ0v) is 7.79. The molecule has 2 atom stereocenters. The zero-order valence-electron chi connectivity index (χ0n) is 7.79.